The summed E-state index contributed by atoms with van der Waals surface area (Å²) in [4.78, 5) is 16.9. The van der Waals surface area contributed by atoms with Gasteiger partial charge in [-0.15, -0.1) is 0 Å². The second kappa shape index (κ2) is 8.16. The van der Waals surface area contributed by atoms with Crippen molar-refractivity contribution in [3.8, 4) is 22.5 Å². The second-order valence-electron chi connectivity index (χ2n) is 6.58. The lowest BCUT2D eigenvalue weighted by Crippen LogP contribution is -2.29. The highest BCUT2D eigenvalue weighted by Crippen LogP contribution is 2.27. The van der Waals surface area contributed by atoms with Gasteiger partial charge in [0.2, 0.25) is 0 Å². The third-order valence-electron chi connectivity index (χ3n) is 4.55. The zero-order valence-corrected chi connectivity index (χ0v) is 15.4. The summed E-state index contributed by atoms with van der Waals surface area (Å²) in [6, 6.07) is 24.4. The van der Waals surface area contributed by atoms with E-state index in [0.29, 0.717) is 17.0 Å². The van der Waals surface area contributed by atoms with E-state index in [1.54, 1.807) is 6.07 Å². The van der Waals surface area contributed by atoms with Gasteiger partial charge in [0.05, 0.1) is 12.6 Å². The summed E-state index contributed by atoms with van der Waals surface area (Å²) in [5.41, 5.74) is 2.36. The number of nitrogens with zero attached hydrogens (tertiary/aromatic N) is 3. The molecule has 0 saturated heterocycles. The molecule has 0 unspecified atom stereocenters. The minimum atomic E-state index is -1.09. The average Bonchev–Trinajstić information content (AvgIpc) is 2.76. The molecule has 0 radical (unpaired) electrons. The number of aliphatic hydroxyl groups excluding tert-OH is 1. The fraction of sp³-hybridized carbons (Fsp3) is 0.0870. The highest BCUT2D eigenvalue weighted by Gasteiger charge is 2.17. The molecule has 0 aliphatic rings. The monoisotopic (exact) mass is 387 g/mol. The molecule has 1 heterocycles. The molecular weight excluding hydrogens is 369 g/mol. The Balaban J connectivity index is 1.79. The van der Waals surface area contributed by atoms with Crippen LogP contribution in [0.1, 0.15) is 11.7 Å². The Morgan fingerprint density at radius 2 is 1.48 bits per heavy atom. The van der Waals surface area contributed by atoms with E-state index in [4.69, 9.17) is 0 Å². The average molecular weight is 387 g/mol. The van der Waals surface area contributed by atoms with Crippen LogP contribution >= 0.6 is 0 Å². The molecule has 0 bridgehead atoms. The number of aromatic nitrogens is 3. The molecule has 29 heavy (non-hydrogen) atoms. The smallest absolute Gasteiger partial charge is 0.364 e. The van der Waals surface area contributed by atoms with Crippen LogP contribution in [0.15, 0.2) is 89.7 Å². The van der Waals surface area contributed by atoms with E-state index < -0.39 is 17.6 Å². The highest BCUT2D eigenvalue weighted by molar-refractivity contribution is 5.77. The molecule has 0 aliphatic carbocycles. The first-order valence-corrected chi connectivity index (χ1v) is 9.15. The summed E-state index contributed by atoms with van der Waals surface area (Å²) < 4.78 is 14.6. The van der Waals surface area contributed by atoms with Crippen LogP contribution in [0.25, 0.3) is 22.5 Å². The Kier molecular flexibility index (Phi) is 5.27. The summed E-state index contributed by atoms with van der Waals surface area (Å²) in [6.45, 7) is -0.135. The zero-order chi connectivity index (χ0) is 20.2. The third-order valence-corrected chi connectivity index (χ3v) is 4.55. The van der Waals surface area contributed by atoms with E-state index in [9.17, 15) is 14.3 Å². The number of hydrogen-bond acceptors (Lipinski definition) is 4. The molecule has 3 aromatic carbocycles. The quantitative estimate of drug-likeness (QED) is 0.565. The first kappa shape index (κ1) is 18.7. The maximum atomic E-state index is 13.5. The van der Waals surface area contributed by atoms with Crippen LogP contribution in [0.2, 0.25) is 0 Å². The van der Waals surface area contributed by atoms with E-state index in [2.05, 4.69) is 10.1 Å². The van der Waals surface area contributed by atoms with Gasteiger partial charge in [-0.05, 0) is 17.7 Å². The minimum absolute atomic E-state index is 0.135. The molecule has 0 spiro atoms. The fourth-order valence-electron chi connectivity index (χ4n) is 3.11. The molecule has 6 heteroatoms. The zero-order valence-electron chi connectivity index (χ0n) is 15.4. The van der Waals surface area contributed by atoms with Crippen molar-refractivity contribution in [2.24, 2.45) is 0 Å². The van der Waals surface area contributed by atoms with Gasteiger partial charge < -0.3 is 5.11 Å². The molecular formula is C23H18FN3O2. The van der Waals surface area contributed by atoms with Crippen molar-refractivity contribution in [2.45, 2.75) is 12.6 Å². The van der Waals surface area contributed by atoms with Crippen LogP contribution in [0.5, 0.6) is 0 Å². The Labute approximate surface area is 166 Å². The number of hydrogen-bond donors (Lipinski definition) is 1. The Bertz CT molecular complexity index is 1180. The minimum Gasteiger partial charge on any atom is -0.386 e. The SMILES string of the molecule is O=c1nc(-c2ccccc2)c(-c2ccccc2)nn1C[C@@H](O)c1cccc(F)c1. The molecule has 1 N–H and O–H groups in total. The van der Waals surface area contributed by atoms with Crippen molar-refractivity contribution in [3.63, 3.8) is 0 Å². The molecule has 144 valence electrons. The second-order valence-corrected chi connectivity index (χ2v) is 6.58. The van der Waals surface area contributed by atoms with Gasteiger partial charge in [0, 0.05) is 11.1 Å². The summed E-state index contributed by atoms with van der Waals surface area (Å²) in [5.74, 6) is -0.454. The molecule has 1 aromatic heterocycles. The van der Waals surface area contributed by atoms with E-state index >= 15 is 0 Å². The van der Waals surface area contributed by atoms with Crippen LogP contribution in [-0.2, 0) is 6.54 Å². The van der Waals surface area contributed by atoms with Crippen LogP contribution in [0.4, 0.5) is 4.39 Å². The van der Waals surface area contributed by atoms with E-state index in [1.807, 2.05) is 60.7 Å². The summed E-state index contributed by atoms with van der Waals surface area (Å²) in [7, 11) is 0. The summed E-state index contributed by atoms with van der Waals surface area (Å²) >= 11 is 0. The lowest BCUT2D eigenvalue weighted by Gasteiger charge is -2.15. The predicted molar refractivity (Wildman–Crippen MR) is 109 cm³/mol. The number of rotatable bonds is 5. The van der Waals surface area contributed by atoms with Gasteiger partial charge in [-0.1, -0.05) is 72.8 Å². The molecule has 4 aromatic rings. The van der Waals surface area contributed by atoms with Crippen LogP contribution in [0.3, 0.4) is 0 Å². The first-order valence-electron chi connectivity index (χ1n) is 9.15. The van der Waals surface area contributed by atoms with E-state index in [1.165, 1.54) is 18.2 Å². The van der Waals surface area contributed by atoms with Crippen LogP contribution < -0.4 is 5.69 Å². The molecule has 0 amide bonds. The van der Waals surface area contributed by atoms with Crippen molar-refractivity contribution in [3.05, 3.63) is 107 Å². The van der Waals surface area contributed by atoms with Crippen molar-refractivity contribution >= 4 is 0 Å². The number of aliphatic hydroxyl groups is 1. The van der Waals surface area contributed by atoms with Crippen molar-refractivity contribution in [1.82, 2.24) is 14.8 Å². The third kappa shape index (κ3) is 4.12. The van der Waals surface area contributed by atoms with Crippen molar-refractivity contribution in [1.29, 1.82) is 0 Å². The Hall–Kier alpha value is -3.64. The lowest BCUT2D eigenvalue weighted by molar-refractivity contribution is 0.148. The molecule has 0 fully saturated rings. The maximum Gasteiger partial charge on any atom is 0.364 e. The van der Waals surface area contributed by atoms with Gasteiger partial charge in [0.1, 0.15) is 17.2 Å². The Morgan fingerprint density at radius 3 is 2.10 bits per heavy atom. The summed E-state index contributed by atoms with van der Waals surface area (Å²) in [5, 5.41) is 15.0. The van der Waals surface area contributed by atoms with E-state index in [0.717, 1.165) is 15.8 Å². The molecule has 5 nitrogen and oxygen atoms in total. The van der Waals surface area contributed by atoms with Crippen molar-refractivity contribution < 1.29 is 9.50 Å². The molecule has 0 aliphatic heterocycles. The van der Waals surface area contributed by atoms with Gasteiger partial charge in [0.15, 0.2) is 0 Å². The van der Waals surface area contributed by atoms with E-state index in [-0.39, 0.29) is 6.54 Å². The molecule has 0 saturated carbocycles. The number of benzene rings is 3. The molecule has 4 rings (SSSR count). The van der Waals surface area contributed by atoms with Gasteiger partial charge >= 0.3 is 5.69 Å². The molecule has 1 atom stereocenters. The summed E-state index contributed by atoms with van der Waals surface area (Å²) in [6.07, 6.45) is -1.09. The first-order chi connectivity index (χ1) is 14.1. The topological polar surface area (TPSA) is 68.0 Å². The van der Waals surface area contributed by atoms with Gasteiger partial charge in [-0.25, -0.2) is 13.9 Å². The lowest BCUT2D eigenvalue weighted by atomic mass is 10.0. The Morgan fingerprint density at radius 1 is 0.862 bits per heavy atom. The maximum absolute atomic E-state index is 13.5. The fourth-order valence-corrected chi connectivity index (χ4v) is 3.11. The largest absolute Gasteiger partial charge is 0.386 e. The van der Waals surface area contributed by atoms with Gasteiger partial charge in [0.25, 0.3) is 0 Å². The van der Waals surface area contributed by atoms with Crippen LogP contribution in [0, 0.1) is 5.82 Å². The normalized spacial score (nSPS) is 11.9. The van der Waals surface area contributed by atoms with Gasteiger partial charge in [-0.3, -0.25) is 0 Å². The van der Waals surface area contributed by atoms with Crippen LogP contribution in [-0.4, -0.2) is 19.9 Å². The number of halogens is 1. The van der Waals surface area contributed by atoms with Gasteiger partial charge in [-0.2, -0.15) is 10.1 Å². The standard InChI is InChI=1S/C23H18FN3O2/c24-19-13-7-12-18(14-19)20(28)15-27-23(29)25-21(16-8-3-1-4-9-16)22(26-27)17-10-5-2-6-11-17/h1-14,20,28H,15H2/t20-/m1/s1. The highest BCUT2D eigenvalue weighted by atomic mass is 19.1. The predicted octanol–water partition coefficient (Wildman–Crippen LogP) is 3.85. The van der Waals surface area contributed by atoms with Crippen molar-refractivity contribution in [2.75, 3.05) is 0 Å².